The molecule has 1 aromatic carbocycles. The highest BCUT2D eigenvalue weighted by Crippen LogP contribution is 2.45. The third-order valence-electron chi connectivity index (χ3n) is 7.46. The summed E-state index contributed by atoms with van der Waals surface area (Å²) in [6.07, 6.45) is 10.5. The van der Waals surface area contributed by atoms with Crippen LogP contribution in [-0.2, 0) is 0 Å². The number of piperidine rings is 3. The predicted molar refractivity (Wildman–Crippen MR) is 121 cm³/mol. The fourth-order valence-electron chi connectivity index (χ4n) is 6.18. The van der Waals surface area contributed by atoms with E-state index in [1.807, 2.05) is 24.3 Å². The Balaban J connectivity index is 1.35. The summed E-state index contributed by atoms with van der Waals surface area (Å²) in [5.41, 5.74) is 3.34. The van der Waals surface area contributed by atoms with E-state index in [-0.39, 0.29) is 5.78 Å². The molecule has 4 unspecified atom stereocenters. The molecule has 4 atom stereocenters. The molecule has 3 saturated heterocycles. The summed E-state index contributed by atoms with van der Waals surface area (Å²) in [7, 11) is 0. The van der Waals surface area contributed by atoms with Gasteiger partial charge >= 0.3 is 0 Å². The highest BCUT2D eigenvalue weighted by Gasteiger charge is 2.46. The fraction of sp³-hybridized carbons (Fsp3) is 0.583. The molecule has 29 heavy (non-hydrogen) atoms. The van der Waals surface area contributed by atoms with E-state index < -0.39 is 0 Å². The number of ketones is 1. The summed E-state index contributed by atoms with van der Waals surface area (Å²) in [4.78, 5) is 16.8. The van der Waals surface area contributed by atoms with Crippen molar-refractivity contribution in [1.82, 2.24) is 9.80 Å². The molecule has 5 rings (SSSR count). The topological polar surface area (TPSA) is 35.6 Å². The number of rotatable bonds is 2. The highest BCUT2D eigenvalue weighted by molar-refractivity contribution is 7.80. The van der Waals surface area contributed by atoms with Crippen LogP contribution in [0.2, 0.25) is 0 Å². The normalized spacial score (nSPS) is 31.3. The van der Waals surface area contributed by atoms with Crippen LogP contribution in [0.15, 0.2) is 35.9 Å². The summed E-state index contributed by atoms with van der Waals surface area (Å²) in [6, 6.07) is 8.90. The fourth-order valence-corrected chi connectivity index (χ4v) is 6.51. The SMILES string of the molecule is CC(=O)c1ccc(NC(=S)N2CCCC3=CC4CC(CN5CCCCC45)C32)cc1. The van der Waals surface area contributed by atoms with E-state index in [0.717, 1.165) is 34.9 Å². The van der Waals surface area contributed by atoms with Crippen molar-refractivity contribution in [2.75, 3.05) is 25.0 Å². The zero-order valence-corrected chi connectivity index (χ0v) is 18.1. The summed E-state index contributed by atoms with van der Waals surface area (Å²) >= 11 is 5.88. The maximum absolute atomic E-state index is 11.5. The van der Waals surface area contributed by atoms with E-state index in [1.54, 1.807) is 12.5 Å². The largest absolute Gasteiger partial charge is 0.342 e. The Morgan fingerprint density at radius 3 is 2.76 bits per heavy atom. The van der Waals surface area contributed by atoms with E-state index in [9.17, 15) is 4.79 Å². The van der Waals surface area contributed by atoms with Gasteiger partial charge in [0.25, 0.3) is 0 Å². The molecule has 3 fully saturated rings. The first-order chi connectivity index (χ1) is 14.1. The van der Waals surface area contributed by atoms with Crippen LogP contribution in [0.5, 0.6) is 0 Å². The number of anilines is 1. The summed E-state index contributed by atoms with van der Waals surface area (Å²) in [6.45, 7) is 5.14. The number of thiocarbonyl (C=S) groups is 1. The molecule has 4 nitrogen and oxygen atoms in total. The van der Waals surface area contributed by atoms with Crippen molar-refractivity contribution >= 4 is 28.8 Å². The monoisotopic (exact) mass is 409 g/mol. The second-order valence-corrected chi connectivity index (χ2v) is 9.65. The number of Topliss-reactive ketones (excluding diaryl/α,β-unsaturated/α-hetero) is 1. The number of fused-ring (bicyclic) bond motifs is 6. The second kappa shape index (κ2) is 7.84. The van der Waals surface area contributed by atoms with Gasteiger partial charge in [-0.1, -0.05) is 18.1 Å². The maximum atomic E-state index is 11.5. The van der Waals surface area contributed by atoms with Gasteiger partial charge in [-0.05, 0) is 93.9 Å². The second-order valence-electron chi connectivity index (χ2n) is 9.26. The number of carbonyl (C=O) groups is 1. The predicted octanol–water partition coefficient (Wildman–Crippen LogP) is 4.48. The maximum Gasteiger partial charge on any atom is 0.173 e. The molecule has 0 amide bonds. The molecule has 0 saturated carbocycles. The van der Waals surface area contributed by atoms with E-state index in [1.165, 1.54) is 51.6 Å². The molecule has 0 spiro atoms. The van der Waals surface area contributed by atoms with Crippen LogP contribution >= 0.6 is 12.2 Å². The lowest BCUT2D eigenvalue weighted by Crippen LogP contribution is -2.60. The van der Waals surface area contributed by atoms with E-state index in [0.29, 0.717) is 12.0 Å². The van der Waals surface area contributed by atoms with Crippen molar-refractivity contribution < 1.29 is 4.79 Å². The molecule has 3 aliphatic heterocycles. The third kappa shape index (κ3) is 3.64. The average molecular weight is 410 g/mol. The van der Waals surface area contributed by atoms with Gasteiger partial charge in [-0.3, -0.25) is 9.69 Å². The summed E-state index contributed by atoms with van der Waals surface area (Å²) in [5, 5.41) is 4.28. The van der Waals surface area contributed by atoms with Crippen molar-refractivity contribution in [3.05, 3.63) is 41.5 Å². The van der Waals surface area contributed by atoms with Gasteiger partial charge in [0.2, 0.25) is 0 Å². The standard InChI is InChI=1S/C24H31N3OS/c1-16(28)17-7-9-21(10-8-17)25-24(29)27-12-4-5-18-13-19-14-20(23(18)27)15-26-11-3-2-6-22(19)26/h7-10,13,19-20,22-23H,2-6,11-12,14-15H2,1H3,(H,25,29). The first-order valence-electron chi connectivity index (χ1n) is 11.2. The molecule has 1 aliphatic carbocycles. The zero-order chi connectivity index (χ0) is 20.0. The van der Waals surface area contributed by atoms with Gasteiger partial charge in [0.05, 0.1) is 6.04 Å². The van der Waals surface area contributed by atoms with Crippen LogP contribution in [0.3, 0.4) is 0 Å². The van der Waals surface area contributed by atoms with Crippen molar-refractivity contribution in [3.63, 3.8) is 0 Å². The molecule has 5 heteroatoms. The number of nitrogens with zero attached hydrogens (tertiary/aromatic N) is 2. The first-order valence-corrected chi connectivity index (χ1v) is 11.6. The number of likely N-dealkylation sites (tertiary alicyclic amines) is 1. The Morgan fingerprint density at radius 1 is 1.14 bits per heavy atom. The molecule has 0 radical (unpaired) electrons. The minimum Gasteiger partial charge on any atom is -0.342 e. The number of nitrogens with one attached hydrogen (secondary N) is 1. The average Bonchev–Trinajstić information content (AvgIpc) is 2.74. The minimum absolute atomic E-state index is 0.0926. The van der Waals surface area contributed by atoms with Gasteiger partial charge < -0.3 is 10.2 Å². The Bertz CT molecular complexity index is 833. The molecule has 1 N–H and O–H groups in total. The van der Waals surface area contributed by atoms with Gasteiger partial charge in [-0.15, -0.1) is 0 Å². The number of hydrogen-bond acceptors (Lipinski definition) is 3. The van der Waals surface area contributed by atoms with Crippen LogP contribution in [-0.4, -0.2) is 52.4 Å². The molecule has 154 valence electrons. The smallest absolute Gasteiger partial charge is 0.173 e. The van der Waals surface area contributed by atoms with E-state index >= 15 is 0 Å². The van der Waals surface area contributed by atoms with E-state index in [2.05, 4.69) is 21.2 Å². The number of hydrogen-bond donors (Lipinski definition) is 1. The number of carbonyl (C=O) groups excluding carboxylic acids is 1. The van der Waals surface area contributed by atoms with Gasteiger partial charge in [-0.25, -0.2) is 0 Å². The summed E-state index contributed by atoms with van der Waals surface area (Å²) < 4.78 is 0. The van der Waals surface area contributed by atoms with Crippen LogP contribution < -0.4 is 5.32 Å². The van der Waals surface area contributed by atoms with Gasteiger partial charge in [0.15, 0.2) is 10.9 Å². The number of benzene rings is 1. The molecule has 1 aromatic rings. The Kier molecular flexibility index (Phi) is 5.21. The zero-order valence-electron chi connectivity index (χ0n) is 17.3. The molecule has 4 aliphatic rings. The Hall–Kier alpha value is -1.72. The lowest BCUT2D eigenvalue weighted by atomic mass is 9.68. The van der Waals surface area contributed by atoms with Crippen LogP contribution in [0.4, 0.5) is 5.69 Å². The summed E-state index contributed by atoms with van der Waals surface area (Å²) in [5.74, 6) is 1.53. The molecular weight excluding hydrogens is 378 g/mol. The van der Waals surface area contributed by atoms with Crippen LogP contribution in [0.25, 0.3) is 0 Å². The lowest BCUT2D eigenvalue weighted by molar-refractivity contribution is 0.0132. The van der Waals surface area contributed by atoms with Gasteiger partial charge in [0.1, 0.15) is 0 Å². The van der Waals surface area contributed by atoms with Crippen molar-refractivity contribution in [2.45, 2.75) is 57.5 Å². The molecule has 2 bridgehead atoms. The third-order valence-corrected chi connectivity index (χ3v) is 7.80. The van der Waals surface area contributed by atoms with E-state index in [4.69, 9.17) is 12.2 Å². The first kappa shape index (κ1) is 19.3. The lowest BCUT2D eigenvalue weighted by Gasteiger charge is -2.55. The molecule has 3 heterocycles. The molecular formula is C24H31N3OS. The Labute approximate surface area is 179 Å². The van der Waals surface area contributed by atoms with Crippen LogP contribution in [0.1, 0.15) is 55.8 Å². The Morgan fingerprint density at radius 2 is 1.97 bits per heavy atom. The van der Waals surface area contributed by atoms with Crippen molar-refractivity contribution in [1.29, 1.82) is 0 Å². The minimum atomic E-state index is 0.0926. The highest BCUT2D eigenvalue weighted by atomic mass is 32.1. The van der Waals surface area contributed by atoms with Crippen molar-refractivity contribution in [3.8, 4) is 0 Å². The molecule has 0 aromatic heterocycles. The van der Waals surface area contributed by atoms with Gasteiger partial charge in [-0.2, -0.15) is 0 Å². The quantitative estimate of drug-likeness (QED) is 0.443. The van der Waals surface area contributed by atoms with Gasteiger partial charge in [0, 0.05) is 30.4 Å². The van der Waals surface area contributed by atoms with Crippen LogP contribution in [0, 0.1) is 11.8 Å². The van der Waals surface area contributed by atoms with Crippen molar-refractivity contribution in [2.24, 2.45) is 11.8 Å².